The van der Waals surface area contributed by atoms with E-state index in [1.165, 1.54) is 18.2 Å². The minimum absolute atomic E-state index is 0.0279. The summed E-state index contributed by atoms with van der Waals surface area (Å²) in [5.41, 5.74) is 4.23. The number of nitrogens with one attached hydrogen (secondary N) is 1. The second kappa shape index (κ2) is 8.00. The molecule has 1 saturated heterocycles. The number of hydrazine groups is 1. The number of hydrogen-bond donors (Lipinski definition) is 1. The SMILES string of the molecule is COC(=O)c1ccc(-c2ccc(/C=C3\C(=O)NN(c4ccc(Br)cc4)C3=O)o2)cc1. The summed E-state index contributed by atoms with van der Waals surface area (Å²) in [7, 11) is 1.32. The number of halogens is 1. The molecule has 1 N–H and O–H groups in total. The molecule has 0 saturated carbocycles. The number of benzene rings is 2. The Balaban J connectivity index is 1.56. The predicted molar refractivity (Wildman–Crippen MR) is 113 cm³/mol. The zero-order valence-electron chi connectivity index (χ0n) is 15.7. The molecule has 2 heterocycles. The smallest absolute Gasteiger partial charge is 0.337 e. The molecule has 1 fully saturated rings. The van der Waals surface area contributed by atoms with Crippen LogP contribution in [0, 0.1) is 0 Å². The molecule has 8 heteroatoms. The lowest BCUT2D eigenvalue weighted by atomic mass is 10.1. The van der Waals surface area contributed by atoms with Gasteiger partial charge in [0.25, 0.3) is 11.8 Å². The van der Waals surface area contributed by atoms with Crippen LogP contribution in [0.15, 0.2) is 75.1 Å². The molecule has 0 radical (unpaired) electrons. The number of esters is 1. The lowest BCUT2D eigenvalue weighted by molar-refractivity contribution is -0.117. The largest absolute Gasteiger partial charge is 0.465 e. The minimum Gasteiger partial charge on any atom is -0.465 e. The van der Waals surface area contributed by atoms with Gasteiger partial charge in [-0.15, -0.1) is 0 Å². The highest BCUT2D eigenvalue weighted by Crippen LogP contribution is 2.26. The first-order chi connectivity index (χ1) is 14.5. The maximum Gasteiger partial charge on any atom is 0.337 e. The van der Waals surface area contributed by atoms with Gasteiger partial charge < -0.3 is 9.15 Å². The first kappa shape index (κ1) is 19.7. The molecule has 150 valence electrons. The van der Waals surface area contributed by atoms with E-state index in [4.69, 9.17) is 4.42 Å². The van der Waals surface area contributed by atoms with Gasteiger partial charge in [0.05, 0.1) is 18.4 Å². The van der Waals surface area contributed by atoms with Gasteiger partial charge in [0, 0.05) is 10.0 Å². The van der Waals surface area contributed by atoms with Crippen molar-refractivity contribution in [2.24, 2.45) is 0 Å². The summed E-state index contributed by atoms with van der Waals surface area (Å²) < 4.78 is 11.3. The summed E-state index contributed by atoms with van der Waals surface area (Å²) in [4.78, 5) is 36.5. The Morgan fingerprint density at radius 2 is 1.73 bits per heavy atom. The van der Waals surface area contributed by atoms with E-state index in [1.54, 1.807) is 60.7 Å². The van der Waals surface area contributed by atoms with E-state index >= 15 is 0 Å². The Hall–Kier alpha value is -3.65. The molecule has 1 aromatic heterocycles. The molecule has 3 aromatic rings. The Morgan fingerprint density at radius 3 is 2.40 bits per heavy atom. The molecular weight excluding hydrogens is 452 g/mol. The monoisotopic (exact) mass is 466 g/mol. The Labute approximate surface area is 180 Å². The standard InChI is InChI=1S/C22H15BrN2O5/c1-29-22(28)14-4-2-13(3-5-14)19-11-10-17(30-19)12-18-20(26)24-25(21(18)27)16-8-6-15(23)7-9-16/h2-12H,1H3,(H,24,26)/b18-12+. The van der Waals surface area contributed by atoms with E-state index in [9.17, 15) is 14.4 Å². The number of carbonyl (C=O) groups excluding carboxylic acids is 3. The zero-order chi connectivity index (χ0) is 21.3. The first-order valence-corrected chi connectivity index (χ1v) is 9.67. The Morgan fingerprint density at radius 1 is 1.03 bits per heavy atom. The van der Waals surface area contributed by atoms with Crippen LogP contribution in [0.25, 0.3) is 17.4 Å². The lowest BCUT2D eigenvalue weighted by Crippen LogP contribution is -2.35. The van der Waals surface area contributed by atoms with Gasteiger partial charge in [-0.05, 0) is 54.6 Å². The number of nitrogens with zero attached hydrogens (tertiary/aromatic N) is 1. The van der Waals surface area contributed by atoms with E-state index < -0.39 is 17.8 Å². The normalized spacial score (nSPS) is 14.9. The zero-order valence-corrected chi connectivity index (χ0v) is 17.3. The van der Waals surface area contributed by atoms with Gasteiger partial charge in [-0.2, -0.15) is 0 Å². The van der Waals surface area contributed by atoms with Gasteiger partial charge in [0.15, 0.2) is 0 Å². The van der Waals surface area contributed by atoms with Crippen molar-refractivity contribution in [1.82, 2.24) is 5.43 Å². The molecule has 0 bridgehead atoms. The van der Waals surface area contributed by atoms with Crippen molar-refractivity contribution < 1.29 is 23.5 Å². The number of ether oxygens (including phenoxy) is 1. The molecule has 7 nitrogen and oxygen atoms in total. The molecule has 1 aliphatic rings. The molecule has 4 rings (SSSR count). The fourth-order valence-electron chi connectivity index (χ4n) is 2.95. The van der Waals surface area contributed by atoms with Crippen LogP contribution in [0.3, 0.4) is 0 Å². The maximum atomic E-state index is 12.7. The molecule has 30 heavy (non-hydrogen) atoms. The summed E-state index contributed by atoms with van der Waals surface area (Å²) in [6.45, 7) is 0. The third-order valence-electron chi connectivity index (χ3n) is 4.48. The molecule has 0 unspecified atom stereocenters. The van der Waals surface area contributed by atoms with Crippen LogP contribution in [-0.2, 0) is 14.3 Å². The highest BCUT2D eigenvalue weighted by atomic mass is 79.9. The van der Waals surface area contributed by atoms with E-state index in [-0.39, 0.29) is 5.57 Å². The number of amides is 2. The van der Waals surface area contributed by atoms with Crippen LogP contribution in [0.1, 0.15) is 16.1 Å². The van der Waals surface area contributed by atoms with E-state index in [0.717, 1.165) is 10.0 Å². The van der Waals surface area contributed by atoms with Crippen molar-refractivity contribution in [1.29, 1.82) is 0 Å². The first-order valence-electron chi connectivity index (χ1n) is 8.87. The fraction of sp³-hybridized carbons (Fsp3) is 0.0455. The summed E-state index contributed by atoms with van der Waals surface area (Å²) in [6, 6.07) is 17.1. The summed E-state index contributed by atoms with van der Waals surface area (Å²) >= 11 is 3.34. The third-order valence-corrected chi connectivity index (χ3v) is 5.01. The number of rotatable bonds is 4. The summed E-state index contributed by atoms with van der Waals surface area (Å²) in [5, 5.41) is 1.19. The molecule has 0 spiro atoms. The average Bonchev–Trinajstić information content (AvgIpc) is 3.34. The number of methoxy groups -OCH3 is 1. The van der Waals surface area contributed by atoms with Crippen LogP contribution >= 0.6 is 15.9 Å². The summed E-state index contributed by atoms with van der Waals surface area (Å²) in [5.74, 6) is -0.509. The predicted octanol–water partition coefficient (Wildman–Crippen LogP) is 3.96. The number of hydrogen-bond acceptors (Lipinski definition) is 5. The van der Waals surface area contributed by atoms with Crippen molar-refractivity contribution >= 4 is 45.5 Å². The van der Waals surface area contributed by atoms with Gasteiger partial charge in [0.1, 0.15) is 17.1 Å². The highest BCUT2D eigenvalue weighted by Gasteiger charge is 2.34. The second-order valence-corrected chi connectivity index (χ2v) is 7.30. The van der Waals surface area contributed by atoms with Gasteiger partial charge in [-0.25, -0.2) is 9.80 Å². The van der Waals surface area contributed by atoms with Crippen molar-refractivity contribution in [2.75, 3.05) is 12.1 Å². The highest BCUT2D eigenvalue weighted by molar-refractivity contribution is 9.10. The molecular formula is C22H15BrN2O5. The van der Waals surface area contributed by atoms with Crippen molar-refractivity contribution in [3.8, 4) is 11.3 Å². The van der Waals surface area contributed by atoms with Crippen LogP contribution in [-0.4, -0.2) is 24.9 Å². The molecule has 2 aromatic carbocycles. The van der Waals surface area contributed by atoms with E-state index in [0.29, 0.717) is 22.8 Å². The van der Waals surface area contributed by atoms with Gasteiger partial charge in [-0.3, -0.25) is 15.0 Å². The van der Waals surface area contributed by atoms with Gasteiger partial charge >= 0.3 is 5.97 Å². The van der Waals surface area contributed by atoms with E-state index in [1.807, 2.05) is 0 Å². The average molecular weight is 467 g/mol. The quantitative estimate of drug-likeness (QED) is 0.357. The molecule has 1 aliphatic heterocycles. The third kappa shape index (κ3) is 3.77. The van der Waals surface area contributed by atoms with Crippen LogP contribution < -0.4 is 10.4 Å². The fourth-order valence-corrected chi connectivity index (χ4v) is 3.21. The van der Waals surface area contributed by atoms with Gasteiger partial charge in [-0.1, -0.05) is 28.1 Å². The number of anilines is 1. The van der Waals surface area contributed by atoms with Crippen LogP contribution in [0.4, 0.5) is 5.69 Å². The number of furan rings is 1. The van der Waals surface area contributed by atoms with Crippen LogP contribution in [0.5, 0.6) is 0 Å². The molecule has 0 atom stereocenters. The lowest BCUT2D eigenvalue weighted by Gasteiger charge is -2.14. The van der Waals surface area contributed by atoms with Crippen molar-refractivity contribution in [3.05, 3.63) is 82.0 Å². The van der Waals surface area contributed by atoms with E-state index in [2.05, 4.69) is 26.1 Å². The Bertz CT molecular complexity index is 1160. The second-order valence-electron chi connectivity index (χ2n) is 6.39. The van der Waals surface area contributed by atoms with Crippen molar-refractivity contribution in [2.45, 2.75) is 0 Å². The maximum absolute atomic E-state index is 12.7. The number of carbonyl (C=O) groups is 3. The molecule has 2 amide bonds. The van der Waals surface area contributed by atoms with Crippen LogP contribution in [0.2, 0.25) is 0 Å². The molecule has 0 aliphatic carbocycles. The minimum atomic E-state index is -0.511. The topological polar surface area (TPSA) is 88.9 Å². The Kier molecular flexibility index (Phi) is 5.24. The summed E-state index contributed by atoms with van der Waals surface area (Å²) in [6.07, 6.45) is 1.41. The van der Waals surface area contributed by atoms with Crippen molar-refractivity contribution in [3.63, 3.8) is 0 Å². The van der Waals surface area contributed by atoms with Gasteiger partial charge in [0.2, 0.25) is 0 Å².